The van der Waals surface area contributed by atoms with E-state index in [1.54, 1.807) is 13.8 Å². The summed E-state index contributed by atoms with van der Waals surface area (Å²) in [4.78, 5) is 47.0. The normalized spacial score (nSPS) is 12.9. The van der Waals surface area contributed by atoms with Crippen molar-refractivity contribution in [1.29, 1.82) is 0 Å². The van der Waals surface area contributed by atoms with Gasteiger partial charge < -0.3 is 24.3 Å². The summed E-state index contributed by atoms with van der Waals surface area (Å²) in [5.41, 5.74) is 0.271. The molecule has 2 atom stereocenters. The summed E-state index contributed by atoms with van der Waals surface area (Å²) in [7, 11) is 0. The maximum absolute atomic E-state index is 12.4. The molecule has 2 N–H and O–H groups in total. The van der Waals surface area contributed by atoms with Crippen molar-refractivity contribution in [3.05, 3.63) is 60.7 Å². The zero-order valence-corrected chi connectivity index (χ0v) is 22.4. The van der Waals surface area contributed by atoms with E-state index in [2.05, 4.69) is 23.8 Å². The number of hydrogen-bond donors (Lipinski definition) is 2. The van der Waals surface area contributed by atoms with E-state index >= 15 is 0 Å². The second kappa shape index (κ2) is 14.2. The van der Waals surface area contributed by atoms with Gasteiger partial charge in [-0.2, -0.15) is 0 Å². The van der Waals surface area contributed by atoms with Gasteiger partial charge in [-0.3, -0.25) is 10.1 Å². The average Bonchev–Trinajstić information content (AvgIpc) is 2.84. The molecule has 1 aromatic rings. The van der Waals surface area contributed by atoms with Crippen LogP contribution in [0.5, 0.6) is 0 Å². The molecule has 0 heterocycles. The van der Waals surface area contributed by atoms with Gasteiger partial charge in [-0.15, -0.1) is 0 Å². The predicted octanol–water partition coefficient (Wildman–Crippen LogP) is 3.25. The number of alkyl carbamates (subject to hydrolysis) is 1. The standard InChI is InChI=1S/C27H38N2O8/c1-9-22(30)34-16-18(3)36-24(32)15-28-26(5,6)20-12-11-13-21(14-20)27(7,8)29-25(33)37-19(4)17-35-23(31)10-2/h9-14,18-19,28H,1-2,15-17H2,3-8H3,(H,29,33). The highest BCUT2D eigenvalue weighted by Crippen LogP contribution is 2.26. The Hall–Kier alpha value is -3.66. The van der Waals surface area contributed by atoms with E-state index in [9.17, 15) is 19.2 Å². The predicted molar refractivity (Wildman–Crippen MR) is 137 cm³/mol. The lowest BCUT2D eigenvalue weighted by atomic mass is 9.87. The number of benzene rings is 1. The fraction of sp³-hybridized carbons (Fsp3) is 0.481. The molecule has 2 unspecified atom stereocenters. The summed E-state index contributed by atoms with van der Waals surface area (Å²) in [6, 6.07) is 7.55. The Morgan fingerprint density at radius 2 is 1.35 bits per heavy atom. The maximum atomic E-state index is 12.4. The molecule has 0 aliphatic rings. The third kappa shape index (κ3) is 11.3. The summed E-state index contributed by atoms with van der Waals surface area (Å²) >= 11 is 0. The zero-order valence-electron chi connectivity index (χ0n) is 22.4. The van der Waals surface area contributed by atoms with Crippen molar-refractivity contribution in [3.8, 4) is 0 Å². The topological polar surface area (TPSA) is 129 Å². The number of carbonyl (C=O) groups is 4. The molecule has 0 radical (unpaired) electrons. The molecule has 1 aromatic carbocycles. The molecule has 0 aromatic heterocycles. The Morgan fingerprint density at radius 1 is 0.865 bits per heavy atom. The van der Waals surface area contributed by atoms with Crippen LogP contribution in [0.15, 0.2) is 49.6 Å². The van der Waals surface area contributed by atoms with Gasteiger partial charge in [-0.25, -0.2) is 14.4 Å². The first-order valence-electron chi connectivity index (χ1n) is 11.8. The van der Waals surface area contributed by atoms with Crippen molar-refractivity contribution in [1.82, 2.24) is 10.6 Å². The molecule has 204 valence electrons. The molecule has 1 amide bonds. The summed E-state index contributed by atoms with van der Waals surface area (Å²) in [5, 5.41) is 5.99. The second-order valence-corrected chi connectivity index (χ2v) is 9.49. The van der Waals surface area contributed by atoms with Gasteiger partial charge in [0.2, 0.25) is 0 Å². The third-order valence-corrected chi connectivity index (χ3v) is 5.29. The van der Waals surface area contributed by atoms with Crippen molar-refractivity contribution < 1.29 is 38.1 Å². The van der Waals surface area contributed by atoms with Gasteiger partial charge in [0.25, 0.3) is 0 Å². The number of ether oxygens (including phenoxy) is 4. The van der Waals surface area contributed by atoms with Crippen LogP contribution in [0.1, 0.15) is 52.7 Å². The number of hydrogen-bond acceptors (Lipinski definition) is 9. The third-order valence-electron chi connectivity index (χ3n) is 5.29. The number of esters is 3. The molecule has 0 saturated heterocycles. The Bertz CT molecular complexity index is 986. The first-order valence-corrected chi connectivity index (χ1v) is 11.8. The van der Waals surface area contributed by atoms with E-state index < -0.39 is 47.3 Å². The Labute approximate surface area is 218 Å². The van der Waals surface area contributed by atoms with Crippen LogP contribution in [0.3, 0.4) is 0 Å². The van der Waals surface area contributed by atoms with Gasteiger partial charge in [0.15, 0.2) is 0 Å². The molecule has 0 bridgehead atoms. The number of carbonyl (C=O) groups excluding carboxylic acids is 4. The smallest absolute Gasteiger partial charge is 0.408 e. The van der Waals surface area contributed by atoms with Gasteiger partial charge >= 0.3 is 24.0 Å². The fourth-order valence-electron chi connectivity index (χ4n) is 3.08. The maximum Gasteiger partial charge on any atom is 0.408 e. The molecule has 37 heavy (non-hydrogen) atoms. The summed E-state index contributed by atoms with van der Waals surface area (Å²) in [5.74, 6) is -1.68. The van der Waals surface area contributed by atoms with E-state index in [-0.39, 0.29) is 19.8 Å². The van der Waals surface area contributed by atoms with E-state index in [0.29, 0.717) is 0 Å². The van der Waals surface area contributed by atoms with Crippen LogP contribution in [-0.4, -0.2) is 56.0 Å². The lowest BCUT2D eigenvalue weighted by Crippen LogP contribution is -2.44. The lowest BCUT2D eigenvalue weighted by molar-refractivity contribution is -0.155. The van der Waals surface area contributed by atoms with Gasteiger partial charge in [0, 0.05) is 17.7 Å². The first kappa shape index (κ1) is 31.4. The monoisotopic (exact) mass is 518 g/mol. The van der Waals surface area contributed by atoms with Crippen molar-refractivity contribution in [2.24, 2.45) is 0 Å². The quantitative estimate of drug-likeness (QED) is 0.217. The van der Waals surface area contributed by atoms with Gasteiger partial charge in [0.05, 0.1) is 12.1 Å². The summed E-state index contributed by atoms with van der Waals surface area (Å²) in [6.07, 6.45) is 0.160. The van der Waals surface area contributed by atoms with Crippen LogP contribution in [0, 0.1) is 0 Å². The van der Waals surface area contributed by atoms with E-state index in [1.165, 1.54) is 0 Å². The van der Waals surface area contributed by atoms with Crippen LogP contribution >= 0.6 is 0 Å². The Morgan fingerprint density at radius 3 is 1.86 bits per heavy atom. The Kier molecular flexibility index (Phi) is 12.0. The largest absolute Gasteiger partial charge is 0.459 e. The zero-order chi connectivity index (χ0) is 28.2. The second-order valence-electron chi connectivity index (χ2n) is 9.49. The highest BCUT2D eigenvalue weighted by Gasteiger charge is 2.28. The van der Waals surface area contributed by atoms with Crippen molar-refractivity contribution in [2.45, 2.75) is 64.8 Å². The molecule has 0 aliphatic heterocycles. The van der Waals surface area contributed by atoms with Crippen LogP contribution in [0.4, 0.5) is 4.79 Å². The van der Waals surface area contributed by atoms with Crippen LogP contribution < -0.4 is 10.6 Å². The summed E-state index contributed by atoms with van der Waals surface area (Å²) in [6.45, 7) is 17.1. The number of nitrogens with one attached hydrogen (secondary N) is 2. The van der Waals surface area contributed by atoms with E-state index in [1.807, 2.05) is 52.0 Å². The van der Waals surface area contributed by atoms with Crippen molar-refractivity contribution >= 4 is 24.0 Å². The van der Waals surface area contributed by atoms with Gasteiger partial charge in [-0.1, -0.05) is 37.4 Å². The SMILES string of the molecule is C=CC(=O)OCC(C)OC(=O)CNC(C)(C)c1cccc(C(C)(C)NC(=O)OC(C)COC(=O)C=C)c1. The Balaban J connectivity index is 2.73. The molecule has 0 aliphatic carbocycles. The van der Waals surface area contributed by atoms with Crippen LogP contribution in [0.2, 0.25) is 0 Å². The molecule has 10 nitrogen and oxygen atoms in total. The molecule has 10 heteroatoms. The van der Waals surface area contributed by atoms with Crippen molar-refractivity contribution in [2.75, 3.05) is 19.8 Å². The minimum absolute atomic E-state index is 0.0642. The van der Waals surface area contributed by atoms with Crippen molar-refractivity contribution in [3.63, 3.8) is 0 Å². The number of rotatable bonds is 14. The first-order chi connectivity index (χ1) is 17.2. The van der Waals surface area contributed by atoms with Crippen LogP contribution in [0.25, 0.3) is 0 Å². The minimum atomic E-state index is -0.794. The molecule has 1 rings (SSSR count). The highest BCUT2D eigenvalue weighted by molar-refractivity contribution is 5.81. The average molecular weight is 519 g/mol. The van der Waals surface area contributed by atoms with Gasteiger partial charge in [-0.05, 0) is 52.7 Å². The van der Waals surface area contributed by atoms with Gasteiger partial charge in [0.1, 0.15) is 25.4 Å². The molecule has 0 spiro atoms. The fourth-order valence-corrected chi connectivity index (χ4v) is 3.08. The van der Waals surface area contributed by atoms with E-state index in [0.717, 1.165) is 23.3 Å². The summed E-state index contributed by atoms with van der Waals surface area (Å²) < 4.78 is 20.3. The molecular weight excluding hydrogens is 480 g/mol. The minimum Gasteiger partial charge on any atom is -0.459 e. The molecule has 0 fully saturated rings. The number of amides is 1. The lowest BCUT2D eigenvalue weighted by Gasteiger charge is -2.31. The van der Waals surface area contributed by atoms with Crippen LogP contribution in [-0.2, 0) is 44.4 Å². The van der Waals surface area contributed by atoms with E-state index in [4.69, 9.17) is 18.9 Å². The molecular formula is C27H38N2O8. The highest BCUT2D eigenvalue weighted by atomic mass is 16.6. The molecule has 0 saturated carbocycles.